The number of para-hydroxylation sites is 1. The molecule has 4 aromatic carbocycles. The summed E-state index contributed by atoms with van der Waals surface area (Å²) in [6.45, 7) is 5.08. The minimum absolute atomic E-state index is 0.0235. The fraction of sp³-hybridized carbons (Fsp3) is 0.143. The summed E-state index contributed by atoms with van der Waals surface area (Å²) >= 11 is 0. The molecule has 0 unspecified atom stereocenters. The zero-order valence-electron chi connectivity index (χ0n) is 17.8. The van der Waals surface area contributed by atoms with E-state index in [0.717, 1.165) is 11.4 Å². The lowest BCUT2D eigenvalue weighted by Crippen LogP contribution is -2.15. The first kappa shape index (κ1) is 18.2. The van der Waals surface area contributed by atoms with Crippen LogP contribution in [0.2, 0.25) is 0 Å². The van der Waals surface area contributed by atoms with E-state index in [9.17, 15) is 0 Å². The third-order valence-corrected chi connectivity index (χ3v) is 6.79. The van der Waals surface area contributed by atoms with Gasteiger partial charge in [-0.05, 0) is 58.7 Å². The average Bonchev–Trinajstić information content (AvgIpc) is 3.23. The van der Waals surface area contributed by atoms with E-state index in [1.54, 1.807) is 0 Å². The summed E-state index contributed by atoms with van der Waals surface area (Å²) in [5.74, 6) is 0. The van der Waals surface area contributed by atoms with E-state index in [1.165, 1.54) is 44.1 Å². The molecule has 3 N–H and O–H groups in total. The summed E-state index contributed by atoms with van der Waals surface area (Å²) in [4.78, 5) is 0. The van der Waals surface area contributed by atoms with Crippen LogP contribution in [0.5, 0.6) is 0 Å². The van der Waals surface area contributed by atoms with Crippen molar-refractivity contribution in [3.8, 4) is 16.8 Å². The molecule has 1 aliphatic carbocycles. The fourth-order valence-electron chi connectivity index (χ4n) is 5.31. The van der Waals surface area contributed by atoms with Gasteiger partial charge in [-0.3, -0.25) is 0 Å². The number of hydrogen-bond acceptors (Lipinski definition) is 2. The first-order valence-corrected chi connectivity index (χ1v) is 10.8. The lowest BCUT2D eigenvalue weighted by molar-refractivity contribution is 0.661. The second-order valence-electron chi connectivity index (χ2n) is 8.87. The molecule has 0 saturated heterocycles. The van der Waals surface area contributed by atoms with Crippen molar-refractivity contribution >= 4 is 27.5 Å². The highest BCUT2D eigenvalue weighted by molar-refractivity contribution is 6.11. The normalized spacial score (nSPS) is 14.0. The Morgan fingerprint density at radius 1 is 0.742 bits per heavy atom. The Bertz CT molecular complexity index is 1470. The molecule has 31 heavy (non-hydrogen) atoms. The monoisotopic (exact) mass is 403 g/mol. The zero-order valence-corrected chi connectivity index (χ0v) is 17.8. The first-order chi connectivity index (χ1) is 15.1. The lowest BCUT2D eigenvalue weighted by Gasteiger charge is -2.21. The topological polar surface area (TPSA) is 43.0 Å². The molecule has 1 heterocycles. The number of nitrogens with zero attached hydrogens (tertiary/aromatic N) is 1. The van der Waals surface area contributed by atoms with Gasteiger partial charge in [-0.2, -0.15) is 0 Å². The maximum atomic E-state index is 5.73. The second kappa shape index (κ2) is 6.47. The van der Waals surface area contributed by atoms with Gasteiger partial charge in [-0.25, -0.2) is 0 Å². The average molecular weight is 404 g/mol. The summed E-state index contributed by atoms with van der Waals surface area (Å²) in [5.41, 5.74) is 15.8. The molecule has 3 heteroatoms. The lowest BCUT2D eigenvalue weighted by atomic mass is 9.82. The quantitative estimate of drug-likeness (QED) is 0.341. The van der Waals surface area contributed by atoms with Crippen LogP contribution in [0.15, 0.2) is 84.9 Å². The smallest absolute Gasteiger partial charge is 0.0628 e. The maximum absolute atomic E-state index is 5.73. The van der Waals surface area contributed by atoms with Crippen molar-refractivity contribution in [1.29, 1.82) is 0 Å². The van der Waals surface area contributed by atoms with Crippen molar-refractivity contribution in [3.05, 3.63) is 96.1 Å². The van der Waals surface area contributed by atoms with Gasteiger partial charge in [-0.15, -0.1) is 0 Å². The van der Waals surface area contributed by atoms with Crippen LogP contribution in [0.3, 0.4) is 0 Å². The minimum Gasteiger partial charge on any atom is -0.373 e. The molecule has 0 atom stereocenters. The minimum atomic E-state index is -0.0235. The number of fused-ring (bicyclic) bond motifs is 6. The molecular formula is C28H25N3. The summed E-state index contributed by atoms with van der Waals surface area (Å²) < 4.78 is 2.38. The number of nitrogens with two attached hydrogens (primary N) is 1. The molecule has 0 aliphatic heterocycles. The van der Waals surface area contributed by atoms with Crippen molar-refractivity contribution in [2.75, 3.05) is 12.0 Å². The molecule has 0 amide bonds. The van der Waals surface area contributed by atoms with E-state index in [4.69, 9.17) is 5.73 Å². The van der Waals surface area contributed by atoms with Gasteiger partial charge < -0.3 is 15.6 Å². The molecular weight excluding hydrogens is 378 g/mol. The van der Waals surface area contributed by atoms with Gasteiger partial charge in [-0.1, -0.05) is 62.4 Å². The van der Waals surface area contributed by atoms with Gasteiger partial charge in [0, 0.05) is 27.6 Å². The van der Waals surface area contributed by atoms with Crippen LogP contribution in [0, 0.1) is 0 Å². The van der Waals surface area contributed by atoms with Crippen LogP contribution in [-0.4, -0.2) is 11.2 Å². The van der Waals surface area contributed by atoms with Crippen LogP contribution in [-0.2, 0) is 5.41 Å². The van der Waals surface area contributed by atoms with Crippen molar-refractivity contribution in [2.24, 2.45) is 5.73 Å². The number of benzene rings is 4. The Morgan fingerprint density at radius 2 is 1.55 bits per heavy atom. The Morgan fingerprint density at radius 3 is 2.42 bits per heavy atom. The standard InChI is InChI=1S/C28H25N3/c1-28(2)24-12-5-3-10-20(24)22-15-23-21-11-4-6-13-26(21)31(27(23)16-25(22)28)19-9-7-8-18(14-19)30-17-29/h3-16,30H,17,29H2,1-2H3. The zero-order chi connectivity index (χ0) is 21.2. The molecule has 5 aromatic rings. The molecule has 3 nitrogen and oxygen atoms in total. The molecule has 6 rings (SSSR count). The third-order valence-electron chi connectivity index (χ3n) is 6.79. The molecule has 0 bridgehead atoms. The van der Waals surface area contributed by atoms with Crippen molar-refractivity contribution in [3.63, 3.8) is 0 Å². The summed E-state index contributed by atoms with van der Waals surface area (Å²) in [6.07, 6.45) is 0. The number of hydrogen-bond donors (Lipinski definition) is 2. The molecule has 0 radical (unpaired) electrons. The number of nitrogens with one attached hydrogen (secondary N) is 1. The van der Waals surface area contributed by atoms with E-state index in [1.807, 2.05) is 0 Å². The molecule has 152 valence electrons. The van der Waals surface area contributed by atoms with E-state index in [-0.39, 0.29) is 5.41 Å². The Hall–Kier alpha value is -3.56. The third kappa shape index (κ3) is 2.50. The van der Waals surface area contributed by atoms with E-state index >= 15 is 0 Å². The highest BCUT2D eigenvalue weighted by Crippen LogP contribution is 2.50. The van der Waals surface area contributed by atoms with Crippen molar-refractivity contribution < 1.29 is 0 Å². The fourth-order valence-corrected chi connectivity index (χ4v) is 5.31. The van der Waals surface area contributed by atoms with Crippen molar-refractivity contribution in [1.82, 2.24) is 4.57 Å². The Balaban J connectivity index is 1.71. The maximum Gasteiger partial charge on any atom is 0.0628 e. The highest BCUT2D eigenvalue weighted by Gasteiger charge is 2.36. The molecule has 0 spiro atoms. The van der Waals surface area contributed by atoms with Crippen LogP contribution < -0.4 is 11.1 Å². The van der Waals surface area contributed by atoms with E-state index in [2.05, 4.69) is 109 Å². The predicted molar refractivity (Wildman–Crippen MR) is 131 cm³/mol. The number of aromatic nitrogens is 1. The summed E-state index contributed by atoms with van der Waals surface area (Å²) in [6, 6.07) is 30.8. The van der Waals surface area contributed by atoms with Gasteiger partial charge in [0.05, 0.1) is 17.7 Å². The Labute approximate surface area is 182 Å². The SMILES string of the molecule is CC1(C)c2ccccc2-c2cc3c4ccccc4n(-c4cccc(NCN)c4)c3cc21. The van der Waals surface area contributed by atoms with E-state index < -0.39 is 0 Å². The van der Waals surface area contributed by atoms with Gasteiger partial charge in [0.15, 0.2) is 0 Å². The summed E-state index contributed by atoms with van der Waals surface area (Å²) in [7, 11) is 0. The molecule has 0 fully saturated rings. The van der Waals surface area contributed by atoms with Crippen LogP contribution in [0.25, 0.3) is 38.6 Å². The van der Waals surface area contributed by atoms with Crippen LogP contribution in [0.1, 0.15) is 25.0 Å². The van der Waals surface area contributed by atoms with Crippen molar-refractivity contribution in [2.45, 2.75) is 19.3 Å². The van der Waals surface area contributed by atoms with Gasteiger partial charge in [0.25, 0.3) is 0 Å². The molecule has 0 saturated carbocycles. The van der Waals surface area contributed by atoms with E-state index in [0.29, 0.717) is 6.67 Å². The van der Waals surface area contributed by atoms with Crippen LogP contribution in [0.4, 0.5) is 5.69 Å². The Kier molecular flexibility index (Phi) is 3.80. The first-order valence-electron chi connectivity index (χ1n) is 10.8. The second-order valence-corrected chi connectivity index (χ2v) is 8.87. The predicted octanol–water partition coefficient (Wildman–Crippen LogP) is 6.42. The number of anilines is 1. The molecule has 1 aromatic heterocycles. The van der Waals surface area contributed by atoms with Gasteiger partial charge in [0.2, 0.25) is 0 Å². The molecule has 1 aliphatic rings. The largest absolute Gasteiger partial charge is 0.373 e. The van der Waals surface area contributed by atoms with Gasteiger partial charge in [0.1, 0.15) is 0 Å². The number of rotatable bonds is 3. The highest BCUT2D eigenvalue weighted by atomic mass is 15.0. The van der Waals surface area contributed by atoms with Gasteiger partial charge >= 0.3 is 0 Å². The summed E-state index contributed by atoms with van der Waals surface area (Å²) in [5, 5.41) is 5.81. The van der Waals surface area contributed by atoms with Crippen LogP contribution >= 0.6 is 0 Å².